The number of fused-ring (bicyclic) bond motifs is 7. The zero-order valence-electron chi connectivity index (χ0n) is 30.8. The Hall–Kier alpha value is -7.76. The molecule has 5 nitrogen and oxygen atoms in total. The van der Waals surface area contributed by atoms with Crippen molar-refractivity contribution < 1.29 is 0 Å². The van der Waals surface area contributed by atoms with Crippen LogP contribution in [0.5, 0.6) is 0 Å². The molecule has 6 aromatic carbocycles. The fourth-order valence-electron chi connectivity index (χ4n) is 8.31. The molecule has 0 saturated heterocycles. The van der Waals surface area contributed by atoms with Crippen LogP contribution < -0.4 is 0 Å². The van der Waals surface area contributed by atoms with E-state index in [0.717, 1.165) is 78.0 Å². The van der Waals surface area contributed by atoms with Crippen LogP contribution >= 0.6 is 0 Å². The van der Waals surface area contributed by atoms with Crippen LogP contribution in [0.4, 0.5) is 0 Å². The van der Waals surface area contributed by atoms with Crippen molar-refractivity contribution in [2.24, 2.45) is 0 Å². The molecule has 57 heavy (non-hydrogen) atoms. The molecule has 0 radical (unpaired) electrons. The molecule has 266 valence electrons. The molecule has 0 N–H and O–H groups in total. The van der Waals surface area contributed by atoms with Crippen LogP contribution in [0.2, 0.25) is 0 Å². The number of hydrogen-bond acceptors (Lipinski definition) is 4. The lowest BCUT2D eigenvalue weighted by atomic mass is 9.94. The second-order valence-corrected chi connectivity index (χ2v) is 14.3. The number of hydrogen-bond donors (Lipinski definition) is 0. The Bertz CT molecular complexity index is 3210. The van der Waals surface area contributed by atoms with Gasteiger partial charge in [-0.25, -0.2) is 9.97 Å². The molecule has 5 heterocycles. The van der Waals surface area contributed by atoms with E-state index >= 15 is 0 Å². The first-order chi connectivity index (χ1) is 28.3. The van der Waals surface area contributed by atoms with Crippen LogP contribution in [0, 0.1) is 0 Å². The maximum Gasteiger partial charge on any atom is 0.0788 e. The lowest BCUT2D eigenvalue weighted by Gasteiger charge is -2.13. The Morgan fingerprint density at radius 2 is 0.947 bits per heavy atom. The van der Waals surface area contributed by atoms with Crippen molar-refractivity contribution >= 4 is 43.5 Å². The van der Waals surface area contributed by atoms with Gasteiger partial charge in [-0.05, 0) is 95.1 Å². The van der Waals surface area contributed by atoms with Crippen molar-refractivity contribution in [2.75, 3.05) is 0 Å². The first-order valence-corrected chi connectivity index (χ1v) is 19.1. The summed E-state index contributed by atoms with van der Waals surface area (Å²) in [7, 11) is 0. The first kappa shape index (κ1) is 32.7. The largest absolute Gasteiger partial charge is 0.309 e. The third-order valence-electron chi connectivity index (χ3n) is 11.0. The molecule has 11 rings (SSSR count). The van der Waals surface area contributed by atoms with E-state index in [4.69, 9.17) is 9.97 Å². The van der Waals surface area contributed by atoms with Crippen molar-refractivity contribution in [1.82, 2.24) is 24.5 Å². The van der Waals surface area contributed by atoms with Gasteiger partial charge in [0, 0.05) is 74.1 Å². The van der Waals surface area contributed by atoms with E-state index in [1.807, 2.05) is 24.3 Å². The molecule has 11 aromatic rings. The highest BCUT2D eigenvalue weighted by Crippen LogP contribution is 2.42. The summed E-state index contributed by atoms with van der Waals surface area (Å²) in [5.74, 6) is 0. The normalized spacial score (nSPS) is 11.5. The molecule has 0 spiro atoms. The van der Waals surface area contributed by atoms with Gasteiger partial charge in [-0.15, -0.1) is 0 Å². The van der Waals surface area contributed by atoms with E-state index in [2.05, 4.69) is 166 Å². The second kappa shape index (κ2) is 13.5. The quantitative estimate of drug-likeness (QED) is 0.160. The molecule has 0 atom stereocenters. The first-order valence-electron chi connectivity index (χ1n) is 19.1. The summed E-state index contributed by atoms with van der Waals surface area (Å²) >= 11 is 0. The van der Waals surface area contributed by atoms with Gasteiger partial charge in [0.25, 0.3) is 0 Å². The summed E-state index contributed by atoms with van der Waals surface area (Å²) in [5.41, 5.74) is 14.9. The Labute approximate surface area is 329 Å². The predicted molar refractivity (Wildman–Crippen MR) is 234 cm³/mol. The number of benzene rings is 6. The molecule has 5 heteroatoms. The molecule has 0 saturated carbocycles. The number of nitrogens with zero attached hydrogens (tertiary/aromatic N) is 5. The van der Waals surface area contributed by atoms with Gasteiger partial charge in [-0.2, -0.15) is 0 Å². The minimum Gasteiger partial charge on any atom is -0.309 e. The number of para-hydroxylation sites is 3. The molecule has 0 amide bonds. The van der Waals surface area contributed by atoms with Gasteiger partial charge in [0.15, 0.2) is 0 Å². The summed E-state index contributed by atoms with van der Waals surface area (Å²) in [6, 6.07) is 62.4. The number of rotatable bonds is 6. The standard InChI is InChI=1S/C52H33N5/c1-2-11-41(12-3-1)57-48-16-7-5-14-43(48)51-49(57)22-21-44-50(51)42-13-4-6-15-45(42)56-52(44)37-19-17-34(18-20-37)38-9-8-10-39(31-38)40-32-46(35-23-27-53-28-24-35)55-47(33-40)36-25-29-54-30-26-36/h1-33H. The highest BCUT2D eigenvalue weighted by atomic mass is 15.0. The summed E-state index contributed by atoms with van der Waals surface area (Å²) in [4.78, 5) is 18.8. The van der Waals surface area contributed by atoms with Gasteiger partial charge in [0.05, 0.1) is 33.6 Å². The van der Waals surface area contributed by atoms with Crippen molar-refractivity contribution in [3.05, 3.63) is 201 Å². The van der Waals surface area contributed by atoms with E-state index in [9.17, 15) is 0 Å². The van der Waals surface area contributed by atoms with Crippen molar-refractivity contribution in [1.29, 1.82) is 0 Å². The highest BCUT2D eigenvalue weighted by molar-refractivity contribution is 6.29. The zero-order chi connectivity index (χ0) is 37.7. The SMILES string of the molecule is c1ccc(-n2c3ccccc3c3c4c(ccc32)c(-c2ccc(-c3cccc(-c5cc(-c6ccncc6)nc(-c6ccncc6)c5)c3)cc2)nc2ccccc24)cc1. The van der Waals surface area contributed by atoms with Crippen molar-refractivity contribution in [3.8, 4) is 61.7 Å². The minimum absolute atomic E-state index is 0.897. The van der Waals surface area contributed by atoms with E-state index < -0.39 is 0 Å². The van der Waals surface area contributed by atoms with Crippen LogP contribution in [-0.4, -0.2) is 24.5 Å². The highest BCUT2D eigenvalue weighted by Gasteiger charge is 2.19. The predicted octanol–water partition coefficient (Wildman–Crippen LogP) is 13.0. The average Bonchev–Trinajstić information content (AvgIpc) is 3.64. The third-order valence-corrected chi connectivity index (χ3v) is 11.0. The topological polar surface area (TPSA) is 56.5 Å². The zero-order valence-corrected chi connectivity index (χ0v) is 30.8. The Morgan fingerprint density at radius 3 is 1.67 bits per heavy atom. The molecule has 0 aliphatic carbocycles. The lowest BCUT2D eigenvalue weighted by molar-refractivity contribution is 1.18. The van der Waals surface area contributed by atoms with E-state index in [0.29, 0.717) is 0 Å². The third kappa shape index (κ3) is 5.64. The van der Waals surface area contributed by atoms with Gasteiger partial charge < -0.3 is 4.57 Å². The molecule has 0 bridgehead atoms. The van der Waals surface area contributed by atoms with E-state index in [1.54, 1.807) is 24.8 Å². The maximum absolute atomic E-state index is 5.33. The van der Waals surface area contributed by atoms with Gasteiger partial charge in [-0.3, -0.25) is 9.97 Å². The minimum atomic E-state index is 0.897. The van der Waals surface area contributed by atoms with Crippen molar-refractivity contribution in [2.45, 2.75) is 0 Å². The lowest BCUT2D eigenvalue weighted by Crippen LogP contribution is -1.94. The summed E-state index contributed by atoms with van der Waals surface area (Å²) in [5, 5.41) is 6.00. The fraction of sp³-hybridized carbons (Fsp3) is 0. The van der Waals surface area contributed by atoms with Crippen molar-refractivity contribution in [3.63, 3.8) is 0 Å². The molecule has 5 aromatic heterocycles. The fourth-order valence-corrected chi connectivity index (χ4v) is 8.31. The number of aromatic nitrogens is 5. The average molecular weight is 728 g/mol. The molecule has 0 fully saturated rings. The Kier molecular flexibility index (Phi) is 7.74. The number of pyridine rings is 4. The molecular formula is C52H33N5. The summed E-state index contributed by atoms with van der Waals surface area (Å²) in [6.45, 7) is 0. The summed E-state index contributed by atoms with van der Waals surface area (Å²) < 4.78 is 2.38. The van der Waals surface area contributed by atoms with Gasteiger partial charge >= 0.3 is 0 Å². The van der Waals surface area contributed by atoms with Crippen LogP contribution in [0.1, 0.15) is 0 Å². The van der Waals surface area contributed by atoms with E-state index in [-0.39, 0.29) is 0 Å². The van der Waals surface area contributed by atoms with E-state index in [1.165, 1.54) is 27.2 Å². The molecule has 0 unspecified atom stereocenters. The van der Waals surface area contributed by atoms with Crippen LogP contribution in [-0.2, 0) is 0 Å². The van der Waals surface area contributed by atoms with Gasteiger partial charge in [-0.1, -0.05) is 103 Å². The second-order valence-electron chi connectivity index (χ2n) is 14.3. The smallest absolute Gasteiger partial charge is 0.0788 e. The maximum atomic E-state index is 5.33. The van der Waals surface area contributed by atoms with Crippen LogP contribution in [0.25, 0.3) is 105 Å². The molecule has 0 aliphatic rings. The summed E-state index contributed by atoms with van der Waals surface area (Å²) in [6.07, 6.45) is 7.23. The van der Waals surface area contributed by atoms with Crippen LogP contribution in [0.3, 0.4) is 0 Å². The molecule has 0 aliphatic heterocycles. The van der Waals surface area contributed by atoms with Gasteiger partial charge in [0.2, 0.25) is 0 Å². The van der Waals surface area contributed by atoms with Crippen LogP contribution in [0.15, 0.2) is 201 Å². The Morgan fingerprint density at radius 1 is 0.333 bits per heavy atom. The monoisotopic (exact) mass is 727 g/mol. The Balaban J connectivity index is 1.03. The molecular weight excluding hydrogens is 695 g/mol. The van der Waals surface area contributed by atoms with Gasteiger partial charge in [0.1, 0.15) is 0 Å².